The van der Waals surface area contributed by atoms with Crippen LogP contribution in [0.15, 0.2) is 30.3 Å². The van der Waals surface area contributed by atoms with Gasteiger partial charge in [0.25, 0.3) is 0 Å². The summed E-state index contributed by atoms with van der Waals surface area (Å²) in [6.45, 7) is 8.42. The summed E-state index contributed by atoms with van der Waals surface area (Å²) in [5.41, 5.74) is 2.18. The number of Topliss-reactive ketones (excluding diaryl/α,β-unsaturated/α-hetero) is 1. The Balaban J connectivity index is 2.00. The van der Waals surface area contributed by atoms with Crippen LogP contribution in [0.2, 0.25) is 0 Å². The van der Waals surface area contributed by atoms with E-state index in [4.69, 9.17) is 4.98 Å². The number of aromatic nitrogens is 2. The maximum atomic E-state index is 13.3. The molecule has 0 unspecified atom stereocenters. The summed E-state index contributed by atoms with van der Waals surface area (Å²) in [7, 11) is 1.62. The number of nitrogens with one attached hydrogen (secondary N) is 2. The van der Waals surface area contributed by atoms with Crippen LogP contribution in [0.3, 0.4) is 0 Å². The molecular formula is C22H30N4O2. The first kappa shape index (κ1) is 20.3. The van der Waals surface area contributed by atoms with Gasteiger partial charge in [0.2, 0.25) is 5.91 Å². The fourth-order valence-electron chi connectivity index (χ4n) is 3.78. The molecule has 1 aromatic carbocycles. The fraction of sp³-hybridized carbons (Fsp3) is 0.500. The van der Waals surface area contributed by atoms with Crippen molar-refractivity contribution in [1.82, 2.24) is 20.2 Å². The molecule has 1 atom stereocenters. The van der Waals surface area contributed by atoms with E-state index in [0.717, 1.165) is 43.1 Å². The van der Waals surface area contributed by atoms with Crippen LogP contribution in [0, 0.1) is 11.3 Å². The van der Waals surface area contributed by atoms with Gasteiger partial charge in [-0.3, -0.25) is 9.59 Å². The highest BCUT2D eigenvalue weighted by Gasteiger charge is 2.34. The number of fused-ring (bicyclic) bond motifs is 1. The van der Waals surface area contributed by atoms with E-state index in [-0.39, 0.29) is 23.5 Å². The Morgan fingerprint density at radius 3 is 2.57 bits per heavy atom. The summed E-state index contributed by atoms with van der Waals surface area (Å²) in [5, 5.41) is 6.10. The third kappa shape index (κ3) is 4.17. The number of carbonyl (C=O) groups is 2. The molecule has 2 N–H and O–H groups in total. The summed E-state index contributed by atoms with van der Waals surface area (Å²) < 4.78 is 2.16. The number of nitrogens with zero attached hydrogens (tertiary/aromatic N) is 2. The van der Waals surface area contributed by atoms with Crippen molar-refractivity contribution in [2.75, 3.05) is 20.1 Å². The van der Waals surface area contributed by atoms with Gasteiger partial charge in [-0.15, -0.1) is 0 Å². The molecule has 0 saturated carbocycles. The fourth-order valence-corrected chi connectivity index (χ4v) is 3.78. The Kier molecular flexibility index (Phi) is 5.98. The molecule has 3 rings (SSSR count). The molecule has 0 fully saturated rings. The van der Waals surface area contributed by atoms with E-state index in [9.17, 15) is 9.59 Å². The van der Waals surface area contributed by atoms with Crippen molar-refractivity contribution in [3.8, 4) is 11.4 Å². The molecular weight excluding hydrogens is 352 g/mol. The summed E-state index contributed by atoms with van der Waals surface area (Å²) >= 11 is 0. The van der Waals surface area contributed by atoms with Crippen molar-refractivity contribution in [2.24, 2.45) is 11.3 Å². The van der Waals surface area contributed by atoms with Crippen LogP contribution in [0.4, 0.5) is 0 Å². The third-order valence-electron chi connectivity index (χ3n) is 5.42. The number of hydrogen-bond donors (Lipinski definition) is 2. The van der Waals surface area contributed by atoms with Crippen molar-refractivity contribution in [2.45, 2.75) is 40.2 Å². The van der Waals surface area contributed by atoms with Gasteiger partial charge in [0.05, 0.1) is 11.6 Å². The van der Waals surface area contributed by atoms with Crippen molar-refractivity contribution in [3.05, 3.63) is 41.7 Å². The number of hydrogen-bond acceptors (Lipinski definition) is 4. The van der Waals surface area contributed by atoms with Crippen molar-refractivity contribution >= 4 is 11.7 Å². The van der Waals surface area contributed by atoms with Gasteiger partial charge in [0, 0.05) is 45.1 Å². The number of ketones is 1. The minimum atomic E-state index is -0.397. The second-order valence-corrected chi connectivity index (χ2v) is 8.41. The maximum absolute atomic E-state index is 13.3. The first-order chi connectivity index (χ1) is 13.3. The van der Waals surface area contributed by atoms with E-state index >= 15 is 0 Å². The van der Waals surface area contributed by atoms with Crippen LogP contribution >= 0.6 is 0 Å². The van der Waals surface area contributed by atoms with Gasteiger partial charge in [-0.05, 0) is 5.41 Å². The van der Waals surface area contributed by atoms with Gasteiger partial charge >= 0.3 is 0 Å². The topological polar surface area (TPSA) is 76.0 Å². The number of imidazole rings is 1. The first-order valence-electron chi connectivity index (χ1n) is 9.93. The van der Waals surface area contributed by atoms with E-state index in [2.05, 4.69) is 15.2 Å². The maximum Gasteiger partial charge on any atom is 0.223 e. The van der Waals surface area contributed by atoms with Gasteiger partial charge in [-0.25, -0.2) is 4.98 Å². The lowest BCUT2D eigenvalue weighted by molar-refractivity contribution is -0.127. The Morgan fingerprint density at radius 1 is 1.21 bits per heavy atom. The molecule has 0 radical (unpaired) electrons. The third-order valence-corrected chi connectivity index (χ3v) is 5.42. The average molecular weight is 383 g/mol. The lowest BCUT2D eigenvalue weighted by Crippen LogP contribution is -2.37. The molecule has 1 aliphatic rings. The van der Waals surface area contributed by atoms with Crippen LogP contribution in [0.1, 0.15) is 43.4 Å². The minimum absolute atomic E-state index is 0.0589. The zero-order valence-corrected chi connectivity index (χ0v) is 17.2. The molecule has 1 amide bonds. The number of rotatable bonds is 5. The van der Waals surface area contributed by atoms with E-state index < -0.39 is 5.92 Å². The number of carbonyl (C=O) groups excluding carboxylic acids is 2. The van der Waals surface area contributed by atoms with Crippen LogP contribution in [0.25, 0.3) is 11.4 Å². The van der Waals surface area contributed by atoms with Crippen molar-refractivity contribution < 1.29 is 9.59 Å². The summed E-state index contributed by atoms with van der Waals surface area (Å²) in [4.78, 5) is 30.4. The molecule has 2 heterocycles. The lowest BCUT2D eigenvalue weighted by atomic mass is 9.77. The Morgan fingerprint density at radius 2 is 1.93 bits per heavy atom. The highest BCUT2D eigenvalue weighted by atomic mass is 16.2. The molecule has 1 aliphatic heterocycles. The molecule has 150 valence electrons. The standard InChI is InChI=1S/C22H30N4O2/c1-22(2,3)16(21(28)23-4)14-18(27)19-17-10-11-24-12-13-26(17)20(25-19)15-8-6-5-7-9-15/h5-9,16,24H,10-14H2,1-4H3,(H,23,28)/t16-/m1/s1. The SMILES string of the molecule is CNC(=O)[C@@H](CC(=O)c1nc(-c2ccccc2)n2c1CCNCC2)C(C)(C)C. The monoisotopic (exact) mass is 382 g/mol. The number of benzene rings is 1. The molecule has 0 aliphatic carbocycles. The molecule has 2 aromatic rings. The van der Waals surface area contributed by atoms with Crippen molar-refractivity contribution in [3.63, 3.8) is 0 Å². The molecule has 28 heavy (non-hydrogen) atoms. The zero-order chi connectivity index (χ0) is 20.3. The second-order valence-electron chi connectivity index (χ2n) is 8.41. The van der Waals surface area contributed by atoms with E-state index in [0.29, 0.717) is 5.69 Å². The van der Waals surface area contributed by atoms with Gasteiger partial charge in [-0.1, -0.05) is 51.1 Å². The van der Waals surface area contributed by atoms with Crippen LogP contribution in [0.5, 0.6) is 0 Å². The Bertz CT molecular complexity index is 849. The van der Waals surface area contributed by atoms with E-state index in [1.54, 1.807) is 7.05 Å². The molecule has 0 saturated heterocycles. The van der Waals surface area contributed by atoms with E-state index in [1.165, 1.54) is 0 Å². The van der Waals surface area contributed by atoms with Gasteiger partial charge in [-0.2, -0.15) is 0 Å². The lowest BCUT2D eigenvalue weighted by Gasteiger charge is -2.28. The van der Waals surface area contributed by atoms with Crippen LogP contribution in [-0.2, 0) is 17.8 Å². The highest BCUT2D eigenvalue weighted by molar-refractivity contribution is 5.98. The average Bonchev–Trinajstić information content (AvgIpc) is 2.86. The van der Waals surface area contributed by atoms with Crippen molar-refractivity contribution in [1.29, 1.82) is 0 Å². The second kappa shape index (κ2) is 8.27. The predicted molar refractivity (Wildman–Crippen MR) is 110 cm³/mol. The molecule has 0 bridgehead atoms. The van der Waals surface area contributed by atoms with Gasteiger partial charge < -0.3 is 15.2 Å². The summed E-state index contributed by atoms with van der Waals surface area (Å²) in [6.07, 6.45) is 0.913. The smallest absolute Gasteiger partial charge is 0.223 e. The zero-order valence-electron chi connectivity index (χ0n) is 17.2. The molecule has 0 spiro atoms. The first-order valence-corrected chi connectivity index (χ1v) is 9.93. The largest absolute Gasteiger partial charge is 0.359 e. The van der Waals surface area contributed by atoms with Gasteiger partial charge in [0.15, 0.2) is 5.78 Å². The van der Waals surface area contributed by atoms with Crippen LogP contribution in [-0.4, -0.2) is 41.4 Å². The molecule has 1 aromatic heterocycles. The number of amides is 1. The summed E-state index contributed by atoms with van der Waals surface area (Å²) in [5.74, 6) is 0.272. The highest BCUT2D eigenvalue weighted by Crippen LogP contribution is 2.32. The molecule has 6 nitrogen and oxygen atoms in total. The quantitative estimate of drug-likeness (QED) is 0.780. The van der Waals surface area contributed by atoms with E-state index in [1.807, 2.05) is 51.1 Å². The van der Waals surface area contributed by atoms with Crippen LogP contribution < -0.4 is 10.6 Å². The normalized spacial score (nSPS) is 15.4. The summed E-state index contributed by atoms with van der Waals surface area (Å²) in [6, 6.07) is 9.97. The predicted octanol–water partition coefficient (Wildman–Crippen LogP) is 2.68. The van der Waals surface area contributed by atoms with Gasteiger partial charge in [0.1, 0.15) is 11.5 Å². The molecule has 6 heteroatoms. The Hall–Kier alpha value is -2.47. The Labute approximate surface area is 166 Å². The minimum Gasteiger partial charge on any atom is -0.359 e.